The number of hydrogen-bond acceptors (Lipinski definition) is 5. The molecule has 1 heterocycles. The van der Waals surface area contributed by atoms with E-state index in [1.54, 1.807) is 4.90 Å². The fourth-order valence-electron chi connectivity index (χ4n) is 4.46. The molecule has 0 spiro atoms. The van der Waals surface area contributed by atoms with E-state index in [1.807, 2.05) is 49.4 Å². The highest BCUT2D eigenvalue weighted by Gasteiger charge is 2.28. The second-order valence-corrected chi connectivity index (χ2v) is 11.0. The molecule has 190 valence electrons. The van der Waals surface area contributed by atoms with Crippen LogP contribution in [0, 0.1) is 0 Å². The molecule has 0 atom stereocenters. The summed E-state index contributed by atoms with van der Waals surface area (Å²) in [5.41, 5.74) is 0.753. The first-order valence-electron chi connectivity index (χ1n) is 12.1. The Morgan fingerprint density at radius 1 is 0.972 bits per heavy atom. The van der Waals surface area contributed by atoms with Gasteiger partial charge in [-0.3, -0.25) is 4.79 Å². The van der Waals surface area contributed by atoms with E-state index in [4.69, 9.17) is 16.3 Å². The molecule has 1 saturated heterocycles. The van der Waals surface area contributed by atoms with Gasteiger partial charge in [0, 0.05) is 25.0 Å². The molecule has 7 nitrogen and oxygen atoms in total. The number of anilines is 1. The molecule has 0 saturated carbocycles. The number of carbonyl (C=O) groups excluding carboxylic acids is 2. The number of sulfonamides is 1. The summed E-state index contributed by atoms with van der Waals surface area (Å²) in [5.74, 6) is -1.17. The van der Waals surface area contributed by atoms with Gasteiger partial charge in [0.25, 0.3) is 5.91 Å². The number of benzene rings is 3. The zero-order valence-corrected chi connectivity index (χ0v) is 21.7. The second kappa shape index (κ2) is 11.4. The van der Waals surface area contributed by atoms with Crippen LogP contribution in [0.25, 0.3) is 10.8 Å². The summed E-state index contributed by atoms with van der Waals surface area (Å²) in [6.45, 7) is 2.60. The van der Waals surface area contributed by atoms with Crippen LogP contribution in [-0.4, -0.2) is 50.8 Å². The van der Waals surface area contributed by atoms with Crippen LogP contribution in [0.2, 0.25) is 5.02 Å². The van der Waals surface area contributed by atoms with E-state index in [0.29, 0.717) is 19.6 Å². The second-order valence-electron chi connectivity index (χ2n) is 8.68. The average molecular weight is 529 g/mol. The summed E-state index contributed by atoms with van der Waals surface area (Å²) in [6.07, 6.45) is 3.53. The van der Waals surface area contributed by atoms with Crippen molar-refractivity contribution in [2.24, 2.45) is 0 Å². The Balaban J connectivity index is 1.50. The van der Waals surface area contributed by atoms with Gasteiger partial charge in [0.2, 0.25) is 10.0 Å². The van der Waals surface area contributed by atoms with E-state index >= 15 is 0 Å². The maximum Gasteiger partial charge on any atom is 0.338 e. The first-order chi connectivity index (χ1) is 17.3. The number of hydrogen-bond donors (Lipinski definition) is 0. The Morgan fingerprint density at radius 2 is 1.67 bits per heavy atom. The van der Waals surface area contributed by atoms with Crippen molar-refractivity contribution in [1.82, 2.24) is 4.31 Å². The Labute approximate surface area is 216 Å². The summed E-state index contributed by atoms with van der Waals surface area (Å²) in [6, 6.07) is 17.4. The molecule has 9 heteroatoms. The molecule has 1 aliphatic rings. The number of ether oxygens (including phenoxy) is 1. The molecule has 1 fully saturated rings. The zero-order valence-electron chi connectivity index (χ0n) is 20.2. The smallest absolute Gasteiger partial charge is 0.338 e. The van der Waals surface area contributed by atoms with Crippen molar-refractivity contribution in [1.29, 1.82) is 0 Å². The van der Waals surface area contributed by atoms with Gasteiger partial charge in [0.1, 0.15) is 4.90 Å². The van der Waals surface area contributed by atoms with Crippen LogP contribution in [0.5, 0.6) is 0 Å². The van der Waals surface area contributed by atoms with Crippen LogP contribution < -0.4 is 4.90 Å². The molecular formula is C27H29ClN2O5S. The van der Waals surface area contributed by atoms with Gasteiger partial charge >= 0.3 is 5.97 Å². The highest BCUT2D eigenvalue weighted by Crippen LogP contribution is 2.29. The monoisotopic (exact) mass is 528 g/mol. The minimum Gasteiger partial charge on any atom is -0.452 e. The Morgan fingerprint density at radius 3 is 2.39 bits per heavy atom. The number of rotatable bonds is 7. The van der Waals surface area contributed by atoms with Crippen LogP contribution in [0.4, 0.5) is 5.69 Å². The molecule has 36 heavy (non-hydrogen) atoms. The van der Waals surface area contributed by atoms with Gasteiger partial charge in [-0.05, 0) is 49.4 Å². The van der Waals surface area contributed by atoms with Gasteiger partial charge in [-0.15, -0.1) is 0 Å². The number of fused-ring (bicyclic) bond motifs is 1. The summed E-state index contributed by atoms with van der Waals surface area (Å²) in [4.78, 5) is 27.2. The molecule has 0 aromatic heterocycles. The van der Waals surface area contributed by atoms with Gasteiger partial charge in [0.15, 0.2) is 6.61 Å². The summed E-state index contributed by atoms with van der Waals surface area (Å²) >= 11 is 6.23. The van der Waals surface area contributed by atoms with E-state index < -0.39 is 22.6 Å². The molecule has 1 aliphatic heterocycles. The van der Waals surface area contributed by atoms with Crippen molar-refractivity contribution < 1.29 is 22.7 Å². The maximum atomic E-state index is 13.2. The Kier molecular flexibility index (Phi) is 8.28. The van der Waals surface area contributed by atoms with Crippen molar-refractivity contribution in [3.63, 3.8) is 0 Å². The fourth-order valence-corrected chi connectivity index (χ4v) is 6.48. The highest BCUT2D eigenvalue weighted by molar-refractivity contribution is 7.89. The zero-order chi connectivity index (χ0) is 25.7. The van der Waals surface area contributed by atoms with Gasteiger partial charge in [-0.2, -0.15) is 4.31 Å². The van der Waals surface area contributed by atoms with Gasteiger partial charge in [-0.1, -0.05) is 60.8 Å². The van der Waals surface area contributed by atoms with Crippen LogP contribution in [0.3, 0.4) is 0 Å². The molecule has 0 aliphatic carbocycles. The largest absolute Gasteiger partial charge is 0.452 e. The standard InChI is InChI=1S/C27H29ClN2O5S/c1-2-30(24-13-9-11-20-10-5-6-12-22(20)24)26(31)19-35-27(32)21-14-15-23(28)25(18-21)36(33,34)29-16-7-3-4-8-17-29/h5-6,9-15,18H,2-4,7-8,16-17,19H2,1H3. The minimum atomic E-state index is -3.86. The molecular weight excluding hydrogens is 500 g/mol. The van der Waals surface area contributed by atoms with Crippen molar-refractivity contribution in [2.75, 3.05) is 31.1 Å². The molecule has 1 amide bonds. The summed E-state index contributed by atoms with van der Waals surface area (Å²) < 4.78 is 33.2. The van der Waals surface area contributed by atoms with E-state index in [9.17, 15) is 18.0 Å². The Bertz CT molecular complexity index is 1360. The molecule has 0 bridgehead atoms. The molecule has 3 aromatic carbocycles. The van der Waals surface area contributed by atoms with E-state index in [0.717, 1.165) is 42.1 Å². The minimum absolute atomic E-state index is 0.0220. The van der Waals surface area contributed by atoms with Crippen molar-refractivity contribution >= 4 is 50.0 Å². The van der Waals surface area contributed by atoms with Gasteiger partial charge < -0.3 is 9.64 Å². The summed E-state index contributed by atoms with van der Waals surface area (Å²) in [7, 11) is -3.86. The lowest BCUT2D eigenvalue weighted by Gasteiger charge is -2.23. The molecule has 0 unspecified atom stereocenters. The third-order valence-electron chi connectivity index (χ3n) is 6.35. The lowest BCUT2D eigenvalue weighted by molar-refractivity contribution is -0.121. The number of likely N-dealkylation sites (N-methyl/N-ethyl adjacent to an activating group) is 1. The van der Waals surface area contributed by atoms with Crippen LogP contribution in [0.15, 0.2) is 65.6 Å². The van der Waals surface area contributed by atoms with Gasteiger partial charge in [-0.25, -0.2) is 13.2 Å². The lowest BCUT2D eigenvalue weighted by Crippen LogP contribution is -2.34. The molecule has 3 aromatic rings. The first-order valence-corrected chi connectivity index (χ1v) is 13.9. The lowest BCUT2D eigenvalue weighted by atomic mass is 10.1. The van der Waals surface area contributed by atoms with E-state index in [2.05, 4.69) is 0 Å². The number of carbonyl (C=O) groups is 2. The fraction of sp³-hybridized carbons (Fsp3) is 0.333. The summed E-state index contributed by atoms with van der Waals surface area (Å²) in [5, 5.41) is 1.96. The van der Waals surface area contributed by atoms with E-state index in [-0.39, 0.29) is 21.4 Å². The predicted octanol–water partition coefficient (Wildman–Crippen LogP) is 5.27. The highest BCUT2D eigenvalue weighted by atomic mass is 35.5. The average Bonchev–Trinajstić information content (AvgIpc) is 3.18. The quantitative estimate of drug-likeness (QED) is 0.390. The van der Waals surface area contributed by atoms with Crippen LogP contribution in [0.1, 0.15) is 43.0 Å². The predicted molar refractivity (Wildman–Crippen MR) is 141 cm³/mol. The molecule has 0 N–H and O–H groups in total. The topological polar surface area (TPSA) is 84.0 Å². The number of amides is 1. The third-order valence-corrected chi connectivity index (χ3v) is 8.73. The molecule has 4 rings (SSSR count). The third kappa shape index (κ3) is 5.56. The van der Waals surface area contributed by atoms with E-state index in [1.165, 1.54) is 22.5 Å². The maximum absolute atomic E-state index is 13.2. The SMILES string of the molecule is CCN(C(=O)COC(=O)c1ccc(Cl)c(S(=O)(=O)N2CCCCCC2)c1)c1cccc2ccccc12. The van der Waals surface area contributed by atoms with Crippen molar-refractivity contribution in [3.05, 3.63) is 71.2 Å². The Hall–Kier alpha value is -2.94. The van der Waals surface area contributed by atoms with Crippen molar-refractivity contribution in [3.8, 4) is 0 Å². The number of esters is 1. The number of halogens is 1. The van der Waals surface area contributed by atoms with Gasteiger partial charge in [0.05, 0.1) is 16.3 Å². The number of nitrogens with zero attached hydrogens (tertiary/aromatic N) is 2. The van der Waals surface area contributed by atoms with Crippen LogP contribution in [-0.2, 0) is 19.6 Å². The first kappa shape index (κ1) is 26.1. The normalized spacial score (nSPS) is 14.8. The van der Waals surface area contributed by atoms with Crippen molar-refractivity contribution in [2.45, 2.75) is 37.5 Å². The van der Waals surface area contributed by atoms with Crippen LogP contribution >= 0.6 is 11.6 Å². The molecule has 0 radical (unpaired) electrons.